The third-order valence-corrected chi connectivity index (χ3v) is 3.85. The van der Waals surface area contributed by atoms with Crippen LogP contribution in [-0.2, 0) is 6.18 Å². The molecule has 0 fully saturated rings. The van der Waals surface area contributed by atoms with E-state index in [0.717, 1.165) is 6.07 Å². The van der Waals surface area contributed by atoms with E-state index in [1.54, 1.807) is 0 Å². The van der Waals surface area contributed by atoms with Crippen LogP contribution in [0.4, 0.5) is 17.6 Å². The summed E-state index contributed by atoms with van der Waals surface area (Å²) in [6.07, 6.45) is -3.06. The number of hydrogen-bond donors (Lipinski definition) is 1. The normalized spacial score (nSPS) is 12.2. The van der Waals surface area contributed by atoms with Crippen LogP contribution in [0.25, 0.3) is 33.1 Å². The molecular weight excluding hydrogens is 322 g/mol. The van der Waals surface area contributed by atoms with Gasteiger partial charge in [0.25, 0.3) is 0 Å². The van der Waals surface area contributed by atoms with Crippen molar-refractivity contribution in [1.29, 1.82) is 0 Å². The number of nitrogens with zero attached hydrogens (tertiary/aromatic N) is 2. The fraction of sp³-hybridized carbons (Fsp3) is 0.0588. The molecular formula is C17H9F4N3. The van der Waals surface area contributed by atoms with Crippen molar-refractivity contribution in [2.75, 3.05) is 0 Å². The third-order valence-electron chi connectivity index (χ3n) is 3.85. The highest BCUT2D eigenvalue weighted by Crippen LogP contribution is 2.39. The predicted octanol–water partition coefficient (Wildman–Crippen LogP) is 4.94. The van der Waals surface area contributed by atoms with Crippen molar-refractivity contribution in [1.82, 2.24) is 15.2 Å². The molecule has 0 aliphatic rings. The largest absolute Gasteiger partial charge is 0.417 e. The minimum atomic E-state index is -4.52. The van der Waals surface area contributed by atoms with Gasteiger partial charge >= 0.3 is 6.18 Å². The van der Waals surface area contributed by atoms with Gasteiger partial charge in [-0.05, 0) is 36.4 Å². The molecule has 0 saturated carbocycles. The molecule has 0 unspecified atom stereocenters. The Morgan fingerprint density at radius 1 is 1.00 bits per heavy atom. The summed E-state index contributed by atoms with van der Waals surface area (Å²) in [7, 11) is 0. The van der Waals surface area contributed by atoms with E-state index >= 15 is 0 Å². The number of alkyl halides is 3. The fourth-order valence-corrected chi connectivity index (χ4v) is 2.83. The van der Waals surface area contributed by atoms with E-state index in [4.69, 9.17) is 0 Å². The van der Waals surface area contributed by atoms with Crippen LogP contribution in [0.3, 0.4) is 0 Å². The minimum Gasteiger partial charge on any atom is -0.277 e. The Labute approximate surface area is 132 Å². The molecule has 7 heteroatoms. The quantitative estimate of drug-likeness (QED) is 0.502. The lowest BCUT2D eigenvalue weighted by Crippen LogP contribution is -2.05. The van der Waals surface area contributed by atoms with Crippen LogP contribution < -0.4 is 0 Å². The number of H-pyrrole nitrogens is 1. The van der Waals surface area contributed by atoms with Gasteiger partial charge in [0.1, 0.15) is 11.5 Å². The first-order valence-electron chi connectivity index (χ1n) is 7.04. The summed E-state index contributed by atoms with van der Waals surface area (Å²) in [5.41, 5.74) is 0.472. The maximum atomic E-state index is 13.6. The van der Waals surface area contributed by atoms with Gasteiger partial charge in [-0.25, -0.2) is 4.39 Å². The summed E-state index contributed by atoms with van der Waals surface area (Å²) in [6, 6.07) is 9.35. The smallest absolute Gasteiger partial charge is 0.277 e. The number of benzene rings is 2. The highest BCUT2D eigenvalue weighted by atomic mass is 19.4. The Balaban J connectivity index is 2.10. The molecule has 4 rings (SSSR count). The Hall–Kier alpha value is -2.96. The molecule has 0 bridgehead atoms. The van der Waals surface area contributed by atoms with Crippen molar-refractivity contribution in [3.8, 4) is 11.3 Å². The molecule has 3 nitrogen and oxygen atoms in total. The maximum Gasteiger partial charge on any atom is 0.417 e. The van der Waals surface area contributed by atoms with Gasteiger partial charge in [0.05, 0.1) is 16.6 Å². The highest BCUT2D eigenvalue weighted by Gasteiger charge is 2.34. The second-order valence-corrected chi connectivity index (χ2v) is 5.32. The number of fused-ring (bicyclic) bond motifs is 2. The van der Waals surface area contributed by atoms with Crippen LogP contribution in [0.1, 0.15) is 5.56 Å². The van der Waals surface area contributed by atoms with E-state index in [9.17, 15) is 17.6 Å². The Bertz CT molecular complexity index is 1070. The number of nitrogens with one attached hydrogen (secondary N) is 1. The Kier molecular flexibility index (Phi) is 3.06. The van der Waals surface area contributed by atoms with Gasteiger partial charge in [0.15, 0.2) is 0 Å². The van der Waals surface area contributed by atoms with Gasteiger partial charge in [0.2, 0.25) is 0 Å². The molecule has 2 aromatic heterocycles. The summed E-state index contributed by atoms with van der Waals surface area (Å²) in [4.78, 5) is 4.12. The topological polar surface area (TPSA) is 41.6 Å². The van der Waals surface area contributed by atoms with E-state index in [1.807, 2.05) is 0 Å². The van der Waals surface area contributed by atoms with Crippen LogP contribution in [0, 0.1) is 5.82 Å². The third kappa shape index (κ3) is 2.20. The zero-order chi connectivity index (χ0) is 16.9. The first kappa shape index (κ1) is 14.6. The average Bonchev–Trinajstić information content (AvgIpc) is 2.97. The van der Waals surface area contributed by atoms with Gasteiger partial charge in [-0.2, -0.15) is 18.3 Å². The number of halogens is 4. The summed E-state index contributed by atoms with van der Waals surface area (Å²) < 4.78 is 53.7. The zero-order valence-corrected chi connectivity index (χ0v) is 12.0. The van der Waals surface area contributed by atoms with Gasteiger partial charge in [-0.3, -0.25) is 10.1 Å². The van der Waals surface area contributed by atoms with Crippen LogP contribution in [0.5, 0.6) is 0 Å². The van der Waals surface area contributed by atoms with Crippen LogP contribution in [0.2, 0.25) is 0 Å². The summed E-state index contributed by atoms with van der Waals surface area (Å²) in [5, 5.41) is 7.02. The molecule has 2 aromatic carbocycles. The highest BCUT2D eigenvalue weighted by molar-refractivity contribution is 6.03. The minimum absolute atomic E-state index is 0.0400. The van der Waals surface area contributed by atoms with Crippen molar-refractivity contribution in [3.63, 3.8) is 0 Å². The lowest BCUT2D eigenvalue weighted by molar-refractivity contribution is -0.136. The van der Waals surface area contributed by atoms with Crippen LogP contribution in [-0.4, -0.2) is 15.2 Å². The second-order valence-electron chi connectivity index (χ2n) is 5.32. The van der Waals surface area contributed by atoms with E-state index in [0.29, 0.717) is 16.5 Å². The standard InChI is InChI=1S/C17H9F4N3/c18-9-4-5-13-11(8-9)10(6-7-22-13)16-15-12(17(19,20)21)2-1-3-14(15)23-24-16/h1-8H,(H,23,24). The maximum absolute atomic E-state index is 13.6. The fourth-order valence-electron chi connectivity index (χ4n) is 2.83. The van der Waals surface area contributed by atoms with Crippen molar-refractivity contribution in [2.24, 2.45) is 0 Å². The predicted molar refractivity (Wildman–Crippen MR) is 81.8 cm³/mol. The monoisotopic (exact) mass is 331 g/mol. The Morgan fingerprint density at radius 2 is 1.83 bits per heavy atom. The molecule has 2 heterocycles. The summed E-state index contributed by atoms with van der Waals surface area (Å²) in [5.74, 6) is -0.493. The van der Waals surface area contributed by atoms with E-state index < -0.39 is 17.6 Å². The van der Waals surface area contributed by atoms with Crippen molar-refractivity contribution >= 4 is 21.8 Å². The van der Waals surface area contributed by atoms with E-state index in [2.05, 4.69) is 15.2 Å². The molecule has 0 spiro atoms. The molecule has 24 heavy (non-hydrogen) atoms. The number of pyridine rings is 1. The van der Waals surface area contributed by atoms with Crippen molar-refractivity contribution in [3.05, 3.63) is 60.0 Å². The number of hydrogen-bond acceptors (Lipinski definition) is 2. The van der Waals surface area contributed by atoms with Gasteiger partial charge in [0, 0.05) is 22.5 Å². The first-order valence-corrected chi connectivity index (χ1v) is 7.04. The molecule has 0 aliphatic carbocycles. The molecule has 0 amide bonds. The average molecular weight is 331 g/mol. The molecule has 120 valence electrons. The first-order chi connectivity index (χ1) is 11.4. The van der Waals surface area contributed by atoms with Gasteiger partial charge in [-0.1, -0.05) is 6.07 Å². The molecule has 0 radical (unpaired) electrons. The number of rotatable bonds is 1. The van der Waals surface area contributed by atoms with E-state index in [1.165, 1.54) is 42.6 Å². The summed E-state index contributed by atoms with van der Waals surface area (Å²) in [6.45, 7) is 0. The lowest BCUT2D eigenvalue weighted by Gasteiger charge is -2.10. The molecule has 4 aromatic rings. The molecule has 0 saturated heterocycles. The number of aromatic amines is 1. The second kappa shape index (κ2) is 5.02. The van der Waals surface area contributed by atoms with Gasteiger partial charge in [-0.15, -0.1) is 0 Å². The van der Waals surface area contributed by atoms with Crippen LogP contribution in [0.15, 0.2) is 48.7 Å². The lowest BCUT2D eigenvalue weighted by atomic mass is 10.00. The molecule has 0 atom stereocenters. The Morgan fingerprint density at radius 3 is 2.62 bits per heavy atom. The van der Waals surface area contributed by atoms with Crippen molar-refractivity contribution in [2.45, 2.75) is 6.18 Å². The van der Waals surface area contributed by atoms with Crippen molar-refractivity contribution < 1.29 is 17.6 Å². The van der Waals surface area contributed by atoms with Gasteiger partial charge < -0.3 is 0 Å². The molecule has 1 N–H and O–H groups in total. The summed E-state index contributed by atoms with van der Waals surface area (Å²) >= 11 is 0. The molecule has 0 aliphatic heterocycles. The SMILES string of the molecule is Fc1ccc2nccc(-c3n[nH]c4cccc(C(F)(F)F)c34)c2c1. The zero-order valence-electron chi connectivity index (χ0n) is 12.0. The van der Waals surface area contributed by atoms with E-state index in [-0.39, 0.29) is 16.6 Å². The van der Waals surface area contributed by atoms with Crippen LogP contribution >= 0.6 is 0 Å². The number of aromatic nitrogens is 3.